The highest BCUT2D eigenvalue weighted by Crippen LogP contribution is 2.35. The van der Waals surface area contributed by atoms with Crippen molar-refractivity contribution in [3.8, 4) is 5.75 Å². The Kier molecular flexibility index (Phi) is 2.37. The Morgan fingerprint density at radius 2 is 1.94 bits per heavy atom. The number of rotatable bonds is 1. The van der Waals surface area contributed by atoms with Crippen molar-refractivity contribution in [2.75, 3.05) is 7.11 Å². The molecule has 0 saturated heterocycles. The Morgan fingerprint density at radius 3 is 2.75 bits per heavy atom. The van der Waals surface area contributed by atoms with Crippen molar-refractivity contribution in [2.45, 2.75) is 0 Å². The lowest BCUT2D eigenvalue weighted by Crippen LogP contribution is -1.82. The summed E-state index contributed by atoms with van der Waals surface area (Å²) in [6.07, 6.45) is 0. The van der Waals surface area contributed by atoms with Gasteiger partial charge in [-0.05, 0) is 51.0 Å². The normalized spacial score (nSPS) is 11.1. The van der Waals surface area contributed by atoms with Gasteiger partial charge in [0.05, 0.1) is 10.9 Å². The molecule has 0 aliphatic rings. The summed E-state index contributed by atoms with van der Waals surface area (Å²) in [5, 5.41) is 3.80. The summed E-state index contributed by atoms with van der Waals surface area (Å²) in [5.74, 6) is 0.904. The standard InChI is InChI=1S/C13H9BrOS/c1-15-9-3-4-10-8(6-9)2-5-12-11(10)7-13(14)16-12/h2-7H,1H3. The molecule has 0 amide bonds. The molecule has 1 aromatic heterocycles. The summed E-state index contributed by atoms with van der Waals surface area (Å²) >= 11 is 5.29. The molecule has 0 saturated carbocycles. The predicted octanol–water partition coefficient (Wildman–Crippen LogP) is 4.83. The average Bonchev–Trinajstić information content (AvgIpc) is 2.69. The van der Waals surface area contributed by atoms with Crippen LogP contribution in [0.4, 0.5) is 0 Å². The van der Waals surface area contributed by atoms with E-state index >= 15 is 0 Å². The van der Waals surface area contributed by atoms with Crippen LogP contribution in [0, 0.1) is 0 Å². The molecule has 0 fully saturated rings. The molecule has 0 spiro atoms. The summed E-state index contributed by atoms with van der Waals surface area (Å²) in [6, 6.07) is 12.7. The molecule has 0 aliphatic carbocycles. The first-order valence-corrected chi connectivity index (χ1v) is 6.55. The summed E-state index contributed by atoms with van der Waals surface area (Å²) in [5.41, 5.74) is 0. The van der Waals surface area contributed by atoms with Crippen LogP contribution in [-0.2, 0) is 0 Å². The van der Waals surface area contributed by atoms with E-state index in [0.717, 1.165) is 5.75 Å². The number of methoxy groups -OCH3 is 1. The van der Waals surface area contributed by atoms with Gasteiger partial charge in [-0.25, -0.2) is 0 Å². The number of hydrogen-bond donors (Lipinski definition) is 0. The van der Waals surface area contributed by atoms with Crippen molar-refractivity contribution in [3.05, 3.63) is 40.2 Å². The van der Waals surface area contributed by atoms with Gasteiger partial charge in [-0.3, -0.25) is 0 Å². The van der Waals surface area contributed by atoms with E-state index in [1.165, 1.54) is 24.6 Å². The van der Waals surface area contributed by atoms with Crippen LogP contribution < -0.4 is 4.74 Å². The van der Waals surface area contributed by atoms with Gasteiger partial charge in [-0.1, -0.05) is 12.1 Å². The fourth-order valence-corrected chi connectivity index (χ4v) is 3.48. The minimum Gasteiger partial charge on any atom is -0.497 e. The maximum absolute atomic E-state index is 5.23. The van der Waals surface area contributed by atoms with Crippen molar-refractivity contribution in [1.29, 1.82) is 0 Å². The predicted molar refractivity (Wildman–Crippen MR) is 73.6 cm³/mol. The number of thiophene rings is 1. The zero-order valence-corrected chi connectivity index (χ0v) is 11.1. The van der Waals surface area contributed by atoms with Crippen LogP contribution in [0.5, 0.6) is 5.75 Å². The van der Waals surface area contributed by atoms with Gasteiger partial charge in [0.2, 0.25) is 0 Å². The van der Waals surface area contributed by atoms with Crippen LogP contribution in [-0.4, -0.2) is 7.11 Å². The number of fused-ring (bicyclic) bond motifs is 3. The van der Waals surface area contributed by atoms with Gasteiger partial charge >= 0.3 is 0 Å². The highest BCUT2D eigenvalue weighted by molar-refractivity contribution is 9.11. The van der Waals surface area contributed by atoms with E-state index in [1.807, 2.05) is 6.07 Å². The van der Waals surface area contributed by atoms with Crippen LogP contribution in [0.25, 0.3) is 20.9 Å². The van der Waals surface area contributed by atoms with Crippen molar-refractivity contribution < 1.29 is 4.74 Å². The molecule has 0 aliphatic heterocycles. The van der Waals surface area contributed by atoms with Crippen molar-refractivity contribution in [2.24, 2.45) is 0 Å². The van der Waals surface area contributed by atoms with Crippen LogP contribution >= 0.6 is 27.3 Å². The molecule has 80 valence electrons. The Bertz CT molecular complexity index is 672. The van der Waals surface area contributed by atoms with Crippen LogP contribution in [0.15, 0.2) is 40.2 Å². The van der Waals surface area contributed by atoms with E-state index in [2.05, 4.69) is 46.3 Å². The van der Waals surface area contributed by atoms with Gasteiger partial charge in [0.15, 0.2) is 0 Å². The van der Waals surface area contributed by atoms with Gasteiger partial charge in [0, 0.05) is 10.1 Å². The molecule has 0 atom stereocenters. The molecular formula is C13H9BrOS. The molecule has 3 aromatic rings. The SMILES string of the molecule is COc1ccc2c(ccc3sc(Br)cc32)c1. The second-order valence-corrected chi connectivity index (χ2v) is 6.08. The Hall–Kier alpha value is -1.06. The second kappa shape index (κ2) is 3.75. The molecule has 3 rings (SSSR count). The first-order valence-electron chi connectivity index (χ1n) is 4.94. The van der Waals surface area contributed by atoms with E-state index < -0.39 is 0 Å². The van der Waals surface area contributed by atoms with E-state index in [4.69, 9.17) is 4.74 Å². The largest absolute Gasteiger partial charge is 0.497 e. The Labute approximate surface area is 106 Å². The Morgan fingerprint density at radius 1 is 1.06 bits per heavy atom. The van der Waals surface area contributed by atoms with E-state index in [1.54, 1.807) is 18.4 Å². The van der Waals surface area contributed by atoms with Crippen LogP contribution in [0.3, 0.4) is 0 Å². The fraction of sp³-hybridized carbons (Fsp3) is 0.0769. The van der Waals surface area contributed by atoms with E-state index in [0.29, 0.717) is 0 Å². The molecule has 16 heavy (non-hydrogen) atoms. The van der Waals surface area contributed by atoms with Crippen molar-refractivity contribution >= 4 is 48.1 Å². The zero-order chi connectivity index (χ0) is 11.1. The molecule has 0 bridgehead atoms. The summed E-state index contributed by atoms with van der Waals surface area (Å²) in [4.78, 5) is 0. The third-order valence-electron chi connectivity index (χ3n) is 2.69. The maximum atomic E-state index is 5.23. The van der Waals surface area contributed by atoms with Crippen molar-refractivity contribution in [1.82, 2.24) is 0 Å². The lowest BCUT2D eigenvalue weighted by molar-refractivity contribution is 0.415. The number of hydrogen-bond acceptors (Lipinski definition) is 2. The molecule has 0 unspecified atom stereocenters. The van der Waals surface area contributed by atoms with Gasteiger partial charge in [-0.2, -0.15) is 0 Å². The van der Waals surface area contributed by atoms with E-state index in [-0.39, 0.29) is 0 Å². The molecule has 0 N–H and O–H groups in total. The average molecular weight is 293 g/mol. The van der Waals surface area contributed by atoms with Crippen molar-refractivity contribution in [3.63, 3.8) is 0 Å². The maximum Gasteiger partial charge on any atom is 0.119 e. The fourth-order valence-electron chi connectivity index (χ4n) is 1.92. The van der Waals surface area contributed by atoms with Gasteiger partial charge in [0.25, 0.3) is 0 Å². The highest BCUT2D eigenvalue weighted by Gasteiger charge is 2.04. The minimum absolute atomic E-state index is 0.904. The first kappa shape index (κ1) is 10.1. The summed E-state index contributed by atoms with van der Waals surface area (Å²) < 4.78 is 7.71. The van der Waals surface area contributed by atoms with E-state index in [9.17, 15) is 0 Å². The van der Waals surface area contributed by atoms with Crippen LogP contribution in [0.1, 0.15) is 0 Å². The van der Waals surface area contributed by atoms with Crippen LogP contribution in [0.2, 0.25) is 0 Å². The molecule has 3 heteroatoms. The topological polar surface area (TPSA) is 9.23 Å². The van der Waals surface area contributed by atoms with Gasteiger partial charge < -0.3 is 4.74 Å². The second-order valence-electron chi connectivity index (χ2n) is 3.61. The summed E-state index contributed by atoms with van der Waals surface area (Å²) in [6.45, 7) is 0. The molecule has 1 nitrogen and oxygen atoms in total. The van der Waals surface area contributed by atoms with Gasteiger partial charge in [-0.15, -0.1) is 11.3 Å². The lowest BCUT2D eigenvalue weighted by atomic mass is 10.1. The van der Waals surface area contributed by atoms with Gasteiger partial charge in [0.1, 0.15) is 5.75 Å². The molecule has 0 radical (unpaired) electrons. The number of benzene rings is 2. The quantitative estimate of drug-likeness (QED) is 0.624. The lowest BCUT2D eigenvalue weighted by Gasteiger charge is -2.03. The number of ether oxygens (including phenoxy) is 1. The first-order chi connectivity index (χ1) is 7.78. The molecule has 1 heterocycles. The highest BCUT2D eigenvalue weighted by atomic mass is 79.9. The molecular weight excluding hydrogens is 284 g/mol. The summed E-state index contributed by atoms with van der Waals surface area (Å²) in [7, 11) is 1.70. The minimum atomic E-state index is 0.904. The third kappa shape index (κ3) is 1.51. The third-order valence-corrected chi connectivity index (χ3v) is 4.30. The zero-order valence-electron chi connectivity index (χ0n) is 8.66. The Balaban J connectivity index is 2.42. The monoisotopic (exact) mass is 292 g/mol. The molecule has 2 aromatic carbocycles. The smallest absolute Gasteiger partial charge is 0.119 e. The number of halogens is 1.